The monoisotopic (exact) mass is 217 g/mol. The molecule has 0 aliphatic heterocycles. The van der Waals surface area contributed by atoms with Crippen LogP contribution in [0.15, 0.2) is 24.0 Å². The standard InChI is InChI=1S/C9H7N5S/c10-3-7-1-2-13-14-9(7)12-5-8-4-11-6-15-8/h1-2,4,6H,5H2,(H,12,14). The number of nitrogens with one attached hydrogen (secondary N) is 1. The summed E-state index contributed by atoms with van der Waals surface area (Å²) in [6.07, 6.45) is 3.27. The Morgan fingerprint density at radius 2 is 2.47 bits per heavy atom. The summed E-state index contributed by atoms with van der Waals surface area (Å²) in [6, 6.07) is 3.68. The van der Waals surface area contributed by atoms with Crippen LogP contribution in [0.25, 0.3) is 0 Å². The first-order chi connectivity index (χ1) is 7.40. The van der Waals surface area contributed by atoms with Crippen molar-refractivity contribution in [3.63, 3.8) is 0 Å². The van der Waals surface area contributed by atoms with E-state index < -0.39 is 0 Å². The van der Waals surface area contributed by atoms with Crippen molar-refractivity contribution in [1.29, 1.82) is 5.26 Å². The Morgan fingerprint density at radius 1 is 1.53 bits per heavy atom. The topological polar surface area (TPSA) is 74.5 Å². The molecule has 0 amide bonds. The van der Waals surface area contributed by atoms with E-state index >= 15 is 0 Å². The molecule has 2 aromatic rings. The predicted molar refractivity (Wildman–Crippen MR) is 56.2 cm³/mol. The molecule has 0 saturated heterocycles. The van der Waals surface area contributed by atoms with Crippen LogP contribution in [0.4, 0.5) is 5.82 Å². The molecule has 6 heteroatoms. The van der Waals surface area contributed by atoms with E-state index in [4.69, 9.17) is 5.26 Å². The molecule has 2 rings (SSSR count). The lowest BCUT2D eigenvalue weighted by molar-refractivity contribution is 0.998. The minimum absolute atomic E-state index is 0.495. The van der Waals surface area contributed by atoms with Crippen molar-refractivity contribution in [1.82, 2.24) is 15.2 Å². The lowest BCUT2D eigenvalue weighted by Gasteiger charge is -2.03. The van der Waals surface area contributed by atoms with Crippen molar-refractivity contribution in [3.8, 4) is 6.07 Å². The SMILES string of the molecule is N#Cc1ccnnc1NCc1cncs1. The Labute approximate surface area is 90.4 Å². The van der Waals surface area contributed by atoms with Crippen LogP contribution in [0.5, 0.6) is 0 Å². The zero-order valence-electron chi connectivity index (χ0n) is 7.71. The zero-order chi connectivity index (χ0) is 10.5. The minimum Gasteiger partial charge on any atom is -0.363 e. The van der Waals surface area contributed by atoms with Gasteiger partial charge in [-0.25, -0.2) is 0 Å². The lowest BCUT2D eigenvalue weighted by Crippen LogP contribution is -2.03. The molecule has 0 aliphatic rings. The van der Waals surface area contributed by atoms with Crippen LogP contribution in [0.1, 0.15) is 10.4 Å². The van der Waals surface area contributed by atoms with Gasteiger partial charge in [-0.1, -0.05) is 0 Å². The number of hydrogen-bond donors (Lipinski definition) is 1. The van der Waals surface area contributed by atoms with Gasteiger partial charge in [-0.15, -0.1) is 16.4 Å². The maximum Gasteiger partial charge on any atom is 0.166 e. The molecule has 0 spiro atoms. The summed E-state index contributed by atoms with van der Waals surface area (Å²) in [4.78, 5) is 5.04. The highest BCUT2D eigenvalue weighted by atomic mass is 32.1. The molecule has 0 bridgehead atoms. The fraction of sp³-hybridized carbons (Fsp3) is 0.111. The van der Waals surface area contributed by atoms with E-state index in [2.05, 4.69) is 20.5 Å². The van der Waals surface area contributed by atoms with E-state index in [1.54, 1.807) is 29.1 Å². The van der Waals surface area contributed by atoms with Crippen molar-refractivity contribution >= 4 is 17.2 Å². The first-order valence-electron chi connectivity index (χ1n) is 4.23. The molecular weight excluding hydrogens is 210 g/mol. The van der Waals surface area contributed by atoms with Gasteiger partial charge < -0.3 is 5.32 Å². The second kappa shape index (κ2) is 4.48. The Morgan fingerprint density at radius 3 is 3.20 bits per heavy atom. The summed E-state index contributed by atoms with van der Waals surface area (Å²) in [6.45, 7) is 0.609. The third-order valence-electron chi connectivity index (χ3n) is 1.75. The zero-order valence-corrected chi connectivity index (χ0v) is 8.53. The van der Waals surface area contributed by atoms with Gasteiger partial charge in [0.05, 0.1) is 23.8 Å². The van der Waals surface area contributed by atoms with Crippen LogP contribution >= 0.6 is 11.3 Å². The summed E-state index contributed by atoms with van der Waals surface area (Å²) in [5.74, 6) is 0.508. The molecule has 0 aromatic carbocycles. The van der Waals surface area contributed by atoms with Crippen LogP contribution < -0.4 is 5.32 Å². The second-order valence-electron chi connectivity index (χ2n) is 2.73. The van der Waals surface area contributed by atoms with Crippen LogP contribution in [0.2, 0.25) is 0 Å². The highest BCUT2D eigenvalue weighted by molar-refractivity contribution is 7.09. The molecule has 15 heavy (non-hydrogen) atoms. The molecule has 0 atom stereocenters. The van der Waals surface area contributed by atoms with Gasteiger partial charge in [-0.3, -0.25) is 4.98 Å². The van der Waals surface area contributed by atoms with Crippen LogP contribution in [-0.2, 0) is 6.54 Å². The van der Waals surface area contributed by atoms with Crippen molar-refractivity contribution in [2.24, 2.45) is 0 Å². The van der Waals surface area contributed by atoms with Crippen molar-refractivity contribution in [2.45, 2.75) is 6.54 Å². The Hall–Kier alpha value is -2.00. The molecule has 2 aromatic heterocycles. The maximum atomic E-state index is 8.81. The van der Waals surface area contributed by atoms with Gasteiger partial charge in [0.2, 0.25) is 0 Å². The Bertz CT molecular complexity index is 473. The molecule has 0 saturated carbocycles. The summed E-state index contributed by atoms with van der Waals surface area (Å²) in [7, 11) is 0. The van der Waals surface area contributed by atoms with E-state index in [0.29, 0.717) is 17.9 Å². The van der Waals surface area contributed by atoms with E-state index in [9.17, 15) is 0 Å². The van der Waals surface area contributed by atoms with Gasteiger partial charge in [0.1, 0.15) is 6.07 Å². The molecule has 0 unspecified atom stereocenters. The first kappa shape index (κ1) is 9.55. The fourth-order valence-electron chi connectivity index (χ4n) is 1.05. The molecular formula is C9H7N5S. The van der Waals surface area contributed by atoms with Crippen molar-refractivity contribution < 1.29 is 0 Å². The molecule has 0 radical (unpaired) electrons. The summed E-state index contributed by atoms with van der Waals surface area (Å²) in [5, 5.41) is 19.4. The average molecular weight is 217 g/mol. The highest BCUT2D eigenvalue weighted by Gasteiger charge is 2.02. The fourth-order valence-corrected chi connectivity index (χ4v) is 1.59. The predicted octanol–water partition coefficient (Wildman–Crippen LogP) is 1.42. The third-order valence-corrected chi connectivity index (χ3v) is 2.53. The number of nitriles is 1. The average Bonchev–Trinajstić information content (AvgIpc) is 2.79. The molecule has 0 fully saturated rings. The summed E-state index contributed by atoms with van der Waals surface area (Å²) in [5.41, 5.74) is 2.26. The molecule has 2 heterocycles. The van der Waals surface area contributed by atoms with Crippen LogP contribution in [-0.4, -0.2) is 15.2 Å². The normalized spacial score (nSPS) is 9.53. The largest absolute Gasteiger partial charge is 0.363 e. The third kappa shape index (κ3) is 2.27. The van der Waals surface area contributed by atoms with E-state index in [1.807, 2.05) is 6.07 Å². The van der Waals surface area contributed by atoms with E-state index in [0.717, 1.165) is 4.88 Å². The molecule has 5 nitrogen and oxygen atoms in total. The van der Waals surface area contributed by atoms with Crippen molar-refractivity contribution in [2.75, 3.05) is 5.32 Å². The van der Waals surface area contributed by atoms with Gasteiger partial charge in [0.15, 0.2) is 5.82 Å². The number of nitrogens with zero attached hydrogens (tertiary/aromatic N) is 4. The van der Waals surface area contributed by atoms with E-state index in [-0.39, 0.29) is 0 Å². The van der Waals surface area contributed by atoms with Gasteiger partial charge in [-0.05, 0) is 6.07 Å². The smallest absolute Gasteiger partial charge is 0.166 e. The van der Waals surface area contributed by atoms with Gasteiger partial charge in [-0.2, -0.15) is 10.4 Å². The van der Waals surface area contributed by atoms with Crippen LogP contribution in [0.3, 0.4) is 0 Å². The maximum absolute atomic E-state index is 8.81. The summed E-state index contributed by atoms with van der Waals surface area (Å²) < 4.78 is 0. The molecule has 1 N–H and O–H groups in total. The van der Waals surface area contributed by atoms with Gasteiger partial charge in [0, 0.05) is 11.1 Å². The lowest BCUT2D eigenvalue weighted by atomic mass is 10.3. The number of thiazole rings is 1. The van der Waals surface area contributed by atoms with Crippen molar-refractivity contribution in [3.05, 3.63) is 34.4 Å². The highest BCUT2D eigenvalue weighted by Crippen LogP contribution is 2.12. The Kier molecular flexibility index (Phi) is 2.85. The molecule has 0 aliphatic carbocycles. The van der Waals surface area contributed by atoms with Gasteiger partial charge >= 0.3 is 0 Å². The first-order valence-corrected chi connectivity index (χ1v) is 5.11. The van der Waals surface area contributed by atoms with Gasteiger partial charge in [0.25, 0.3) is 0 Å². The number of hydrogen-bond acceptors (Lipinski definition) is 6. The number of rotatable bonds is 3. The number of aromatic nitrogens is 3. The number of anilines is 1. The second-order valence-corrected chi connectivity index (χ2v) is 3.70. The summed E-state index contributed by atoms with van der Waals surface area (Å²) >= 11 is 1.55. The Balaban J connectivity index is 2.08. The quantitative estimate of drug-likeness (QED) is 0.841. The van der Waals surface area contributed by atoms with E-state index in [1.165, 1.54) is 6.20 Å². The van der Waals surface area contributed by atoms with Crippen LogP contribution in [0, 0.1) is 11.3 Å². The minimum atomic E-state index is 0.495. The molecule has 74 valence electrons.